The zero-order chi connectivity index (χ0) is 51.1. The van der Waals surface area contributed by atoms with Crippen LogP contribution in [0.1, 0.15) is 171 Å². The van der Waals surface area contributed by atoms with E-state index >= 15 is 0 Å². The standard InChI is InChI=1S/C51H52O4S.2C7H16/c1-7-49(5,8-2)31-54-36-22-24-38-37-23-21-35(52)25-41(37)51(42(38)26-36)43-27-39(33-17-13-11-14-18-33)45(53)29-47(43)56-48-30-46(55-32-50(6,9-3)10-4)40(28-44(48)51)34-19-15-12-16-20-34;2*1-5-7(3,4)6-2/h11-30,52-53H,7-10,31-32H2,1-6H3;2*5-6H2,1-4H3. The molecule has 0 bridgehead atoms. The van der Waals surface area contributed by atoms with Crippen LogP contribution in [0.25, 0.3) is 33.4 Å². The lowest BCUT2D eigenvalue weighted by molar-refractivity contribution is 0.152. The number of hydrogen-bond acceptors (Lipinski definition) is 5. The van der Waals surface area contributed by atoms with Gasteiger partial charge in [0.2, 0.25) is 0 Å². The van der Waals surface area contributed by atoms with Crippen molar-refractivity contribution in [3.8, 4) is 56.4 Å². The fourth-order valence-corrected chi connectivity index (χ4v) is 10.1. The summed E-state index contributed by atoms with van der Waals surface area (Å²) in [5.74, 6) is 2.09. The van der Waals surface area contributed by atoms with E-state index in [0.29, 0.717) is 24.0 Å². The molecule has 0 aromatic heterocycles. The first-order chi connectivity index (χ1) is 33.3. The van der Waals surface area contributed by atoms with E-state index in [0.717, 1.165) is 103 Å². The van der Waals surface area contributed by atoms with Crippen molar-refractivity contribution in [2.75, 3.05) is 13.2 Å². The molecule has 6 aromatic rings. The zero-order valence-electron chi connectivity index (χ0n) is 45.2. The first-order valence-corrected chi connectivity index (χ1v) is 27.2. The lowest BCUT2D eigenvalue weighted by atomic mass is 9.66. The summed E-state index contributed by atoms with van der Waals surface area (Å²) in [6, 6.07) is 41.6. The maximum Gasteiger partial charge on any atom is 0.128 e. The number of rotatable bonds is 16. The third-order valence-corrected chi connectivity index (χ3v) is 18.0. The number of benzene rings is 6. The van der Waals surface area contributed by atoms with Crippen LogP contribution in [0.3, 0.4) is 0 Å². The van der Waals surface area contributed by atoms with Crippen molar-refractivity contribution >= 4 is 11.8 Å². The quantitative estimate of drug-likeness (QED) is 0.101. The Morgan fingerprint density at radius 1 is 0.429 bits per heavy atom. The maximum absolute atomic E-state index is 11.7. The van der Waals surface area contributed by atoms with Gasteiger partial charge in [0, 0.05) is 31.7 Å². The van der Waals surface area contributed by atoms with Crippen LogP contribution in [0.15, 0.2) is 131 Å². The van der Waals surface area contributed by atoms with E-state index in [1.165, 1.54) is 25.7 Å². The van der Waals surface area contributed by atoms with Gasteiger partial charge in [-0.05, 0) is 130 Å². The molecule has 70 heavy (non-hydrogen) atoms. The molecule has 0 saturated carbocycles. The van der Waals surface area contributed by atoms with E-state index < -0.39 is 5.41 Å². The molecule has 1 spiro atoms. The lowest BCUT2D eigenvalue weighted by Gasteiger charge is -2.41. The summed E-state index contributed by atoms with van der Waals surface area (Å²) in [7, 11) is 0. The molecule has 2 N–H and O–H groups in total. The van der Waals surface area contributed by atoms with E-state index in [2.05, 4.69) is 170 Å². The number of phenols is 2. The largest absolute Gasteiger partial charge is 0.508 e. The Morgan fingerprint density at radius 3 is 1.36 bits per heavy atom. The highest BCUT2D eigenvalue weighted by Crippen LogP contribution is 2.65. The van der Waals surface area contributed by atoms with Gasteiger partial charge in [0.25, 0.3) is 0 Å². The number of phenolic OH excluding ortho intramolecular Hbond substituents is 2. The molecular formula is C65H84O4S. The molecule has 1 aliphatic heterocycles. The molecule has 6 aromatic carbocycles. The fraction of sp³-hybridized carbons (Fsp3) is 0.446. The Balaban J connectivity index is 0.000000503. The molecule has 0 radical (unpaired) electrons. The number of ether oxygens (including phenoxy) is 2. The Morgan fingerprint density at radius 2 is 0.871 bits per heavy atom. The summed E-state index contributed by atoms with van der Waals surface area (Å²) in [6.07, 6.45) is 9.26. The average Bonchev–Trinajstić information content (AvgIpc) is 3.66. The molecule has 0 fully saturated rings. The van der Waals surface area contributed by atoms with Crippen LogP contribution >= 0.6 is 11.8 Å². The maximum atomic E-state index is 11.7. The van der Waals surface area contributed by atoms with E-state index in [-0.39, 0.29) is 22.3 Å². The van der Waals surface area contributed by atoms with Crippen molar-refractivity contribution in [3.05, 3.63) is 144 Å². The van der Waals surface area contributed by atoms with Crippen molar-refractivity contribution < 1.29 is 19.7 Å². The molecule has 4 nitrogen and oxygen atoms in total. The molecule has 2 aliphatic rings. The van der Waals surface area contributed by atoms with E-state index in [1.807, 2.05) is 42.5 Å². The molecule has 0 saturated heterocycles. The molecular weight excluding hydrogens is 877 g/mol. The van der Waals surface area contributed by atoms with Crippen LogP contribution in [-0.2, 0) is 5.41 Å². The Bertz CT molecular complexity index is 2640. The molecule has 1 heterocycles. The van der Waals surface area contributed by atoms with Gasteiger partial charge in [-0.3, -0.25) is 0 Å². The van der Waals surface area contributed by atoms with E-state index in [4.69, 9.17) is 9.47 Å². The van der Waals surface area contributed by atoms with Crippen molar-refractivity contribution in [2.24, 2.45) is 21.7 Å². The highest BCUT2D eigenvalue weighted by molar-refractivity contribution is 7.99. The van der Waals surface area contributed by atoms with Gasteiger partial charge >= 0.3 is 0 Å². The third-order valence-electron chi connectivity index (χ3n) is 16.9. The minimum atomic E-state index is -0.863. The summed E-state index contributed by atoms with van der Waals surface area (Å²) in [5, 5.41) is 23.1. The average molecular weight is 961 g/mol. The first-order valence-electron chi connectivity index (χ1n) is 26.4. The monoisotopic (exact) mass is 961 g/mol. The topological polar surface area (TPSA) is 58.9 Å². The van der Waals surface area contributed by atoms with Crippen molar-refractivity contribution in [1.29, 1.82) is 0 Å². The Kier molecular flexibility index (Phi) is 17.4. The second-order valence-electron chi connectivity index (χ2n) is 22.1. The van der Waals surface area contributed by atoms with Gasteiger partial charge in [0.15, 0.2) is 0 Å². The van der Waals surface area contributed by atoms with Crippen LogP contribution in [0.5, 0.6) is 23.0 Å². The molecule has 1 unspecified atom stereocenters. The van der Waals surface area contributed by atoms with Crippen molar-refractivity contribution in [3.63, 3.8) is 0 Å². The van der Waals surface area contributed by atoms with Crippen LogP contribution in [0, 0.1) is 21.7 Å². The smallest absolute Gasteiger partial charge is 0.128 e. The molecule has 0 amide bonds. The highest BCUT2D eigenvalue weighted by atomic mass is 32.2. The zero-order valence-corrected chi connectivity index (χ0v) is 46.1. The Hall–Kier alpha value is -5.13. The van der Waals surface area contributed by atoms with Crippen molar-refractivity contribution in [1.82, 2.24) is 0 Å². The summed E-state index contributed by atoms with van der Waals surface area (Å²) in [6.45, 7) is 32.9. The van der Waals surface area contributed by atoms with Gasteiger partial charge in [-0.25, -0.2) is 0 Å². The summed E-state index contributed by atoms with van der Waals surface area (Å²) in [4.78, 5) is 2.00. The van der Waals surface area contributed by atoms with Crippen LogP contribution in [0.4, 0.5) is 0 Å². The third kappa shape index (κ3) is 11.5. The minimum absolute atomic E-state index is 0.0351. The SMILES string of the molecule is CCC(C)(C)CC.CCC(C)(C)CC.CCC(C)(CC)COc1ccc2c(c1)C1(c3cc(-c4ccccc4)c(O)cc3Sc3cc(OCC(C)(CC)CC)c(-c4ccccc4)cc31)c1cc(O)ccc1-2. The second kappa shape index (κ2) is 22.5. The predicted molar refractivity (Wildman–Crippen MR) is 299 cm³/mol. The van der Waals surface area contributed by atoms with Gasteiger partial charge in [0.1, 0.15) is 23.0 Å². The van der Waals surface area contributed by atoms with Crippen LogP contribution < -0.4 is 9.47 Å². The van der Waals surface area contributed by atoms with Crippen LogP contribution in [-0.4, -0.2) is 23.4 Å². The molecule has 5 heteroatoms. The van der Waals surface area contributed by atoms with Gasteiger partial charge in [-0.15, -0.1) is 0 Å². The van der Waals surface area contributed by atoms with Crippen LogP contribution in [0.2, 0.25) is 0 Å². The highest BCUT2D eigenvalue weighted by Gasteiger charge is 2.52. The van der Waals surface area contributed by atoms with Crippen molar-refractivity contribution in [2.45, 2.75) is 164 Å². The van der Waals surface area contributed by atoms with Gasteiger partial charge in [-0.2, -0.15) is 0 Å². The Labute approximate surface area is 427 Å². The van der Waals surface area contributed by atoms with Gasteiger partial charge in [0.05, 0.1) is 18.6 Å². The molecule has 1 atom stereocenters. The predicted octanol–water partition coefficient (Wildman–Crippen LogP) is 19.3. The summed E-state index contributed by atoms with van der Waals surface area (Å²) < 4.78 is 13.6. The number of fused-ring (bicyclic) bond motifs is 9. The first kappa shape index (κ1) is 54.2. The normalized spacial score (nSPS) is 14.8. The molecule has 374 valence electrons. The second-order valence-corrected chi connectivity index (χ2v) is 23.2. The minimum Gasteiger partial charge on any atom is -0.508 e. The summed E-state index contributed by atoms with van der Waals surface area (Å²) >= 11 is 1.67. The lowest BCUT2D eigenvalue weighted by Crippen LogP contribution is -2.32. The number of hydrogen-bond donors (Lipinski definition) is 2. The summed E-state index contributed by atoms with van der Waals surface area (Å²) in [5.41, 5.74) is 10.6. The van der Waals surface area contributed by atoms with E-state index in [1.54, 1.807) is 17.8 Å². The molecule has 8 rings (SSSR count). The fourth-order valence-electron chi connectivity index (χ4n) is 8.84. The van der Waals surface area contributed by atoms with Gasteiger partial charge in [-0.1, -0.05) is 207 Å². The number of aromatic hydroxyl groups is 2. The van der Waals surface area contributed by atoms with Gasteiger partial charge < -0.3 is 19.7 Å². The molecule has 1 aliphatic carbocycles. The van der Waals surface area contributed by atoms with E-state index in [9.17, 15) is 10.2 Å².